The number of H-pyrrole nitrogens is 1. The monoisotopic (exact) mass is 298 g/mol. The zero-order valence-corrected chi connectivity index (χ0v) is 11.6. The maximum atomic E-state index is 11.6. The molecule has 2 heterocycles. The SMILES string of the molecule is O=C(O)C(=Cc1c[nH]c2ncccc12)c1ccccc1Cl. The number of hydrogen-bond acceptors (Lipinski definition) is 2. The van der Waals surface area contributed by atoms with Crippen LogP contribution in [-0.4, -0.2) is 21.0 Å². The average molecular weight is 299 g/mol. The summed E-state index contributed by atoms with van der Waals surface area (Å²) in [5, 5.41) is 10.7. The smallest absolute Gasteiger partial charge is 0.336 e. The fourth-order valence-corrected chi connectivity index (χ4v) is 2.42. The molecule has 0 spiro atoms. The van der Waals surface area contributed by atoms with Crippen LogP contribution in [-0.2, 0) is 4.79 Å². The number of pyridine rings is 1. The van der Waals surface area contributed by atoms with E-state index in [0.717, 1.165) is 10.9 Å². The van der Waals surface area contributed by atoms with Crippen LogP contribution in [0.25, 0.3) is 22.7 Å². The number of fused-ring (bicyclic) bond motifs is 1. The summed E-state index contributed by atoms with van der Waals surface area (Å²) in [4.78, 5) is 18.8. The van der Waals surface area contributed by atoms with Gasteiger partial charge in [-0.05, 0) is 24.3 Å². The van der Waals surface area contributed by atoms with Crippen molar-refractivity contribution in [3.63, 3.8) is 0 Å². The lowest BCUT2D eigenvalue weighted by Crippen LogP contribution is -2.00. The summed E-state index contributed by atoms with van der Waals surface area (Å²) in [5.41, 5.74) is 2.11. The van der Waals surface area contributed by atoms with E-state index in [-0.39, 0.29) is 5.57 Å². The quantitative estimate of drug-likeness (QED) is 0.722. The second kappa shape index (κ2) is 5.42. The zero-order valence-electron chi connectivity index (χ0n) is 10.9. The van der Waals surface area contributed by atoms with Crippen LogP contribution in [0.2, 0.25) is 5.02 Å². The Kier molecular flexibility index (Phi) is 3.46. The predicted octanol–water partition coefficient (Wildman–Crippen LogP) is 3.84. The molecule has 104 valence electrons. The van der Waals surface area contributed by atoms with E-state index in [1.54, 1.807) is 42.7 Å². The van der Waals surface area contributed by atoms with Gasteiger partial charge in [0.2, 0.25) is 0 Å². The number of rotatable bonds is 3. The largest absolute Gasteiger partial charge is 0.478 e. The van der Waals surface area contributed by atoms with E-state index >= 15 is 0 Å². The van der Waals surface area contributed by atoms with E-state index in [9.17, 15) is 9.90 Å². The lowest BCUT2D eigenvalue weighted by molar-refractivity contribution is -0.130. The van der Waals surface area contributed by atoms with Crippen LogP contribution in [0.15, 0.2) is 48.8 Å². The first kappa shape index (κ1) is 13.4. The molecular weight excluding hydrogens is 288 g/mol. The summed E-state index contributed by atoms with van der Waals surface area (Å²) in [5.74, 6) is -1.03. The number of aliphatic carboxylic acids is 1. The van der Waals surface area contributed by atoms with Gasteiger partial charge < -0.3 is 10.1 Å². The normalized spacial score (nSPS) is 11.8. The Bertz CT molecular complexity index is 852. The van der Waals surface area contributed by atoms with Gasteiger partial charge in [-0.1, -0.05) is 29.8 Å². The minimum Gasteiger partial charge on any atom is -0.478 e. The highest BCUT2D eigenvalue weighted by Crippen LogP contribution is 2.27. The highest BCUT2D eigenvalue weighted by atomic mass is 35.5. The molecule has 0 saturated heterocycles. The van der Waals surface area contributed by atoms with Gasteiger partial charge in [0.25, 0.3) is 0 Å². The molecule has 0 unspecified atom stereocenters. The van der Waals surface area contributed by atoms with E-state index < -0.39 is 5.97 Å². The predicted molar refractivity (Wildman–Crippen MR) is 83.1 cm³/mol. The molecule has 0 bridgehead atoms. The molecule has 0 radical (unpaired) electrons. The lowest BCUT2D eigenvalue weighted by Gasteiger charge is -2.05. The molecule has 0 aliphatic carbocycles. The molecule has 0 fully saturated rings. The summed E-state index contributed by atoms with van der Waals surface area (Å²) < 4.78 is 0. The summed E-state index contributed by atoms with van der Waals surface area (Å²) in [6.45, 7) is 0. The molecular formula is C16H11ClN2O2. The summed E-state index contributed by atoms with van der Waals surface area (Å²) in [6.07, 6.45) is 5.01. The van der Waals surface area contributed by atoms with E-state index in [1.807, 2.05) is 12.1 Å². The van der Waals surface area contributed by atoms with E-state index in [2.05, 4.69) is 9.97 Å². The highest BCUT2D eigenvalue weighted by molar-refractivity contribution is 6.35. The minimum atomic E-state index is -1.03. The van der Waals surface area contributed by atoms with Gasteiger partial charge in [0, 0.05) is 33.9 Å². The van der Waals surface area contributed by atoms with Gasteiger partial charge >= 0.3 is 5.97 Å². The molecule has 0 saturated carbocycles. The van der Waals surface area contributed by atoms with Gasteiger partial charge in [0.1, 0.15) is 5.65 Å². The van der Waals surface area contributed by atoms with Crippen LogP contribution >= 0.6 is 11.6 Å². The van der Waals surface area contributed by atoms with Crippen molar-refractivity contribution in [1.82, 2.24) is 9.97 Å². The average Bonchev–Trinajstić information content (AvgIpc) is 2.89. The molecule has 3 rings (SSSR count). The third-order valence-corrected chi connectivity index (χ3v) is 3.51. The number of carbonyl (C=O) groups is 1. The topological polar surface area (TPSA) is 66.0 Å². The van der Waals surface area contributed by atoms with Crippen molar-refractivity contribution in [2.24, 2.45) is 0 Å². The fourth-order valence-electron chi connectivity index (χ4n) is 2.19. The van der Waals surface area contributed by atoms with Gasteiger partial charge in [-0.2, -0.15) is 0 Å². The van der Waals surface area contributed by atoms with Crippen molar-refractivity contribution in [2.75, 3.05) is 0 Å². The van der Waals surface area contributed by atoms with Crippen LogP contribution < -0.4 is 0 Å². The number of aromatic amines is 1. The number of halogens is 1. The molecule has 21 heavy (non-hydrogen) atoms. The molecule has 0 aliphatic heterocycles. The third kappa shape index (κ3) is 2.53. The van der Waals surface area contributed by atoms with Crippen molar-refractivity contribution in [1.29, 1.82) is 0 Å². The molecule has 4 nitrogen and oxygen atoms in total. The summed E-state index contributed by atoms with van der Waals surface area (Å²) in [7, 11) is 0. The van der Waals surface area contributed by atoms with Crippen molar-refractivity contribution in [3.05, 3.63) is 64.9 Å². The van der Waals surface area contributed by atoms with Crippen LogP contribution in [0, 0.1) is 0 Å². The lowest BCUT2D eigenvalue weighted by atomic mass is 10.0. The van der Waals surface area contributed by atoms with Crippen molar-refractivity contribution >= 4 is 40.3 Å². The second-order valence-electron chi connectivity index (χ2n) is 4.49. The van der Waals surface area contributed by atoms with Gasteiger partial charge in [0.05, 0.1) is 5.57 Å². The number of hydrogen-bond donors (Lipinski definition) is 2. The first-order valence-electron chi connectivity index (χ1n) is 6.29. The van der Waals surface area contributed by atoms with Crippen LogP contribution in [0.1, 0.15) is 11.1 Å². The second-order valence-corrected chi connectivity index (χ2v) is 4.89. The van der Waals surface area contributed by atoms with E-state index in [1.165, 1.54) is 0 Å². The Morgan fingerprint density at radius 2 is 2.05 bits per heavy atom. The standard InChI is InChI=1S/C16H11ClN2O2/c17-14-6-2-1-4-12(14)13(16(20)21)8-10-9-19-15-11(10)5-3-7-18-15/h1-9H,(H,18,19)(H,20,21). The number of carboxylic acid groups (broad SMARTS) is 1. The Hall–Kier alpha value is -2.59. The molecule has 0 atom stereocenters. The molecule has 0 amide bonds. The maximum absolute atomic E-state index is 11.6. The molecule has 5 heteroatoms. The van der Waals surface area contributed by atoms with E-state index in [0.29, 0.717) is 16.2 Å². The molecule has 3 aromatic rings. The highest BCUT2D eigenvalue weighted by Gasteiger charge is 2.14. The number of nitrogens with zero attached hydrogens (tertiary/aromatic N) is 1. The van der Waals surface area contributed by atoms with E-state index in [4.69, 9.17) is 11.6 Å². The van der Waals surface area contributed by atoms with Crippen LogP contribution in [0.3, 0.4) is 0 Å². The number of aromatic nitrogens is 2. The summed E-state index contributed by atoms with van der Waals surface area (Å²) in [6, 6.07) is 10.6. The first-order chi connectivity index (χ1) is 10.2. The third-order valence-electron chi connectivity index (χ3n) is 3.18. The van der Waals surface area contributed by atoms with Crippen molar-refractivity contribution in [2.45, 2.75) is 0 Å². The van der Waals surface area contributed by atoms with Crippen molar-refractivity contribution in [3.8, 4) is 0 Å². The number of nitrogens with one attached hydrogen (secondary N) is 1. The number of carboxylic acids is 1. The van der Waals surface area contributed by atoms with Crippen LogP contribution in [0.5, 0.6) is 0 Å². The van der Waals surface area contributed by atoms with Gasteiger partial charge in [-0.15, -0.1) is 0 Å². The molecule has 0 aliphatic rings. The van der Waals surface area contributed by atoms with Gasteiger partial charge in [-0.3, -0.25) is 0 Å². The van der Waals surface area contributed by atoms with Crippen molar-refractivity contribution < 1.29 is 9.90 Å². The summed E-state index contributed by atoms with van der Waals surface area (Å²) >= 11 is 6.10. The Balaban J connectivity index is 2.18. The Labute approximate surface area is 125 Å². The minimum absolute atomic E-state index is 0.144. The zero-order chi connectivity index (χ0) is 14.8. The Morgan fingerprint density at radius 1 is 1.24 bits per heavy atom. The molecule has 2 aromatic heterocycles. The fraction of sp³-hybridized carbons (Fsp3) is 0. The van der Waals surface area contributed by atoms with Gasteiger partial charge in [0.15, 0.2) is 0 Å². The Morgan fingerprint density at radius 3 is 2.81 bits per heavy atom. The molecule has 2 N–H and O–H groups in total. The molecule has 1 aromatic carbocycles. The maximum Gasteiger partial charge on any atom is 0.336 e. The number of benzene rings is 1. The van der Waals surface area contributed by atoms with Crippen LogP contribution in [0.4, 0.5) is 0 Å². The van der Waals surface area contributed by atoms with Gasteiger partial charge in [-0.25, -0.2) is 9.78 Å². The first-order valence-corrected chi connectivity index (χ1v) is 6.66.